The molecular weight excluding hydrogens is 408 g/mol. The number of carbonyl (C=O) groups is 3. The SMILES string of the molecule is CNC(=O)[C@@H](CC(=O)[C@H](CCCCOc1ccccc1)CC(=O)NO)Cc1ccccc1. The van der Waals surface area contributed by atoms with Crippen molar-refractivity contribution < 1.29 is 24.3 Å². The Morgan fingerprint density at radius 3 is 2.19 bits per heavy atom. The molecule has 32 heavy (non-hydrogen) atoms. The maximum atomic E-state index is 13.0. The van der Waals surface area contributed by atoms with Gasteiger partial charge in [0, 0.05) is 31.7 Å². The molecule has 2 rings (SSSR count). The van der Waals surface area contributed by atoms with Gasteiger partial charge in [0.2, 0.25) is 11.8 Å². The Balaban J connectivity index is 1.93. The summed E-state index contributed by atoms with van der Waals surface area (Å²) < 4.78 is 5.67. The highest BCUT2D eigenvalue weighted by atomic mass is 16.5. The molecule has 7 nitrogen and oxygen atoms in total. The van der Waals surface area contributed by atoms with E-state index in [1.54, 1.807) is 12.5 Å². The number of carbonyl (C=O) groups excluding carboxylic acids is 3. The highest BCUT2D eigenvalue weighted by Gasteiger charge is 2.27. The Labute approximate surface area is 189 Å². The number of hydrogen-bond donors (Lipinski definition) is 3. The first-order valence-corrected chi connectivity index (χ1v) is 10.9. The van der Waals surface area contributed by atoms with Crippen molar-refractivity contribution in [3.8, 4) is 5.75 Å². The Bertz CT molecular complexity index is 842. The van der Waals surface area contributed by atoms with Gasteiger partial charge in [-0.3, -0.25) is 19.6 Å². The van der Waals surface area contributed by atoms with Gasteiger partial charge >= 0.3 is 0 Å². The fourth-order valence-electron chi connectivity index (χ4n) is 3.62. The van der Waals surface area contributed by atoms with Crippen LogP contribution in [0.15, 0.2) is 60.7 Å². The van der Waals surface area contributed by atoms with Gasteiger partial charge in [0.25, 0.3) is 0 Å². The van der Waals surface area contributed by atoms with Crippen LogP contribution in [0, 0.1) is 11.8 Å². The summed E-state index contributed by atoms with van der Waals surface area (Å²) >= 11 is 0. The van der Waals surface area contributed by atoms with Crippen molar-refractivity contribution in [1.82, 2.24) is 10.8 Å². The summed E-state index contributed by atoms with van der Waals surface area (Å²) in [4.78, 5) is 37.2. The first kappa shape index (κ1) is 25.1. The van der Waals surface area contributed by atoms with E-state index >= 15 is 0 Å². The molecule has 0 aromatic heterocycles. The van der Waals surface area contributed by atoms with Crippen LogP contribution in [0.1, 0.15) is 37.7 Å². The first-order chi connectivity index (χ1) is 15.5. The molecule has 0 unspecified atom stereocenters. The molecule has 2 aromatic carbocycles. The number of ketones is 1. The number of ether oxygens (including phenoxy) is 1. The summed E-state index contributed by atoms with van der Waals surface area (Å²) in [5.74, 6) is -1.26. The topological polar surface area (TPSA) is 105 Å². The van der Waals surface area contributed by atoms with Crippen LogP contribution in [0.25, 0.3) is 0 Å². The number of nitrogens with one attached hydrogen (secondary N) is 2. The van der Waals surface area contributed by atoms with Crippen LogP contribution >= 0.6 is 0 Å². The first-order valence-electron chi connectivity index (χ1n) is 10.9. The molecule has 172 valence electrons. The summed E-state index contributed by atoms with van der Waals surface area (Å²) in [6, 6.07) is 19.0. The second-order valence-corrected chi connectivity index (χ2v) is 7.76. The van der Waals surface area contributed by atoms with Crippen LogP contribution in [0.4, 0.5) is 0 Å². The Hall–Kier alpha value is -3.19. The number of hydrogen-bond acceptors (Lipinski definition) is 5. The molecule has 3 N–H and O–H groups in total. The molecule has 0 saturated carbocycles. The Morgan fingerprint density at radius 1 is 0.906 bits per heavy atom. The molecule has 7 heteroatoms. The molecule has 2 aromatic rings. The summed E-state index contributed by atoms with van der Waals surface area (Å²) in [6.07, 6.45) is 2.26. The Kier molecular flexibility index (Phi) is 11.0. The molecule has 0 spiro atoms. The van der Waals surface area contributed by atoms with Crippen molar-refractivity contribution in [2.45, 2.75) is 38.5 Å². The third kappa shape index (κ3) is 8.89. The van der Waals surface area contributed by atoms with Gasteiger partial charge in [0.1, 0.15) is 11.5 Å². The fraction of sp³-hybridized carbons (Fsp3) is 0.400. The monoisotopic (exact) mass is 440 g/mol. The van der Waals surface area contributed by atoms with Gasteiger partial charge in [0.15, 0.2) is 0 Å². The van der Waals surface area contributed by atoms with Crippen LogP contribution in [0.2, 0.25) is 0 Å². The van der Waals surface area contributed by atoms with Gasteiger partial charge in [-0.05, 0) is 43.4 Å². The molecular formula is C25H32N2O5. The van der Waals surface area contributed by atoms with Crippen LogP contribution in [-0.4, -0.2) is 36.5 Å². The van der Waals surface area contributed by atoms with Crippen molar-refractivity contribution in [1.29, 1.82) is 0 Å². The average molecular weight is 441 g/mol. The standard InChI is InChI=1S/C25H32N2O5/c1-26-25(30)21(16-19-10-4-2-5-11-19)17-23(28)20(18-24(29)27-31)12-8-9-15-32-22-13-6-3-7-14-22/h2-7,10-11,13-14,20-21,31H,8-9,12,15-18H2,1H3,(H,26,30)(H,27,29)/t20-,21-/m1/s1. The lowest BCUT2D eigenvalue weighted by Crippen LogP contribution is -2.33. The third-order valence-corrected chi connectivity index (χ3v) is 5.36. The van der Waals surface area contributed by atoms with Gasteiger partial charge in [-0.25, -0.2) is 5.48 Å². The lowest BCUT2D eigenvalue weighted by molar-refractivity contribution is -0.135. The lowest BCUT2D eigenvalue weighted by Gasteiger charge is -2.19. The van der Waals surface area contributed by atoms with E-state index in [0.29, 0.717) is 25.9 Å². The lowest BCUT2D eigenvalue weighted by atomic mass is 9.85. The third-order valence-electron chi connectivity index (χ3n) is 5.36. The molecule has 0 aliphatic heterocycles. The van der Waals surface area contributed by atoms with Gasteiger partial charge < -0.3 is 10.1 Å². The van der Waals surface area contributed by atoms with E-state index in [0.717, 1.165) is 17.7 Å². The molecule has 0 radical (unpaired) electrons. The van der Waals surface area contributed by atoms with E-state index < -0.39 is 17.7 Å². The molecule has 0 fully saturated rings. The second kappa shape index (κ2) is 14.0. The normalized spacial score (nSPS) is 12.4. The van der Waals surface area contributed by atoms with Crippen molar-refractivity contribution in [3.63, 3.8) is 0 Å². The zero-order valence-corrected chi connectivity index (χ0v) is 18.5. The van der Waals surface area contributed by atoms with E-state index in [1.807, 2.05) is 60.7 Å². The highest BCUT2D eigenvalue weighted by Crippen LogP contribution is 2.21. The van der Waals surface area contributed by atoms with Crippen LogP contribution < -0.4 is 15.5 Å². The predicted molar refractivity (Wildman–Crippen MR) is 121 cm³/mol. The quantitative estimate of drug-likeness (QED) is 0.237. The van der Waals surface area contributed by atoms with E-state index in [-0.39, 0.29) is 24.5 Å². The minimum Gasteiger partial charge on any atom is -0.494 e. The number of hydroxylamine groups is 1. The molecule has 0 aliphatic rings. The molecule has 2 atom stereocenters. The maximum absolute atomic E-state index is 13.0. The molecule has 0 aliphatic carbocycles. The molecule has 0 saturated heterocycles. The van der Waals surface area contributed by atoms with Gasteiger partial charge in [-0.1, -0.05) is 48.5 Å². The maximum Gasteiger partial charge on any atom is 0.244 e. The van der Waals surface area contributed by atoms with E-state index in [9.17, 15) is 14.4 Å². The number of amides is 2. The summed E-state index contributed by atoms with van der Waals surface area (Å²) in [5, 5.41) is 11.5. The van der Waals surface area contributed by atoms with Crippen LogP contribution in [0.3, 0.4) is 0 Å². The fourth-order valence-corrected chi connectivity index (χ4v) is 3.62. The van der Waals surface area contributed by atoms with Gasteiger partial charge in [-0.15, -0.1) is 0 Å². The van der Waals surface area contributed by atoms with E-state index in [4.69, 9.17) is 9.94 Å². The number of para-hydroxylation sites is 1. The smallest absolute Gasteiger partial charge is 0.244 e. The second-order valence-electron chi connectivity index (χ2n) is 7.76. The van der Waals surface area contributed by atoms with Crippen molar-refractivity contribution >= 4 is 17.6 Å². The van der Waals surface area contributed by atoms with E-state index in [2.05, 4.69) is 5.32 Å². The highest BCUT2D eigenvalue weighted by molar-refractivity contribution is 5.90. The molecule has 0 heterocycles. The van der Waals surface area contributed by atoms with Crippen molar-refractivity contribution in [3.05, 3.63) is 66.2 Å². The number of benzene rings is 2. The minimum absolute atomic E-state index is 0.0401. The van der Waals surface area contributed by atoms with Crippen molar-refractivity contribution in [2.24, 2.45) is 11.8 Å². The summed E-state index contributed by atoms with van der Waals surface area (Å²) in [7, 11) is 1.55. The largest absolute Gasteiger partial charge is 0.494 e. The molecule has 2 amide bonds. The zero-order chi connectivity index (χ0) is 23.2. The number of rotatable bonds is 14. The zero-order valence-electron chi connectivity index (χ0n) is 18.5. The average Bonchev–Trinajstić information content (AvgIpc) is 2.83. The van der Waals surface area contributed by atoms with Gasteiger partial charge in [0.05, 0.1) is 6.61 Å². The number of Topliss-reactive ketones (excluding diaryl/α,β-unsaturated/α-hetero) is 1. The van der Waals surface area contributed by atoms with Gasteiger partial charge in [-0.2, -0.15) is 0 Å². The molecule has 0 bridgehead atoms. The van der Waals surface area contributed by atoms with E-state index in [1.165, 1.54) is 0 Å². The summed E-state index contributed by atoms with van der Waals surface area (Å²) in [6.45, 7) is 0.506. The number of unbranched alkanes of at least 4 members (excludes halogenated alkanes) is 1. The summed E-state index contributed by atoms with van der Waals surface area (Å²) in [5.41, 5.74) is 2.57. The van der Waals surface area contributed by atoms with Crippen LogP contribution in [0.5, 0.6) is 5.75 Å². The van der Waals surface area contributed by atoms with Crippen LogP contribution in [-0.2, 0) is 20.8 Å². The minimum atomic E-state index is -0.608. The Morgan fingerprint density at radius 2 is 1.56 bits per heavy atom. The predicted octanol–water partition coefficient (Wildman–Crippen LogP) is 3.31. The van der Waals surface area contributed by atoms with Crippen molar-refractivity contribution in [2.75, 3.05) is 13.7 Å².